The van der Waals surface area contributed by atoms with E-state index in [0.717, 1.165) is 15.9 Å². The van der Waals surface area contributed by atoms with Gasteiger partial charge in [0.15, 0.2) is 10.5 Å². The van der Waals surface area contributed by atoms with Crippen molar-refractivity contribution in [2.45, 2.75) is 26.1 Å². The highest BCUT2D eigenvalue weighted by atomic mass is 79.9. The third kappa shape index (κ3) is 5.63. The summed E-state index contributed by atoms with van der Waals surface area (Å²) in [5.74, 6) is -0.639. The summed E-state index contributed by atoms with van der Waals surface area (Å²) >= 11 is 13.6. The molecule has 38 heavy (non-hydrogen) atoms. The van der Waals surface area contributed by atoms with Crippen LogP contribution in [0.15, 0.2) is 66.4 Å². The minimum Gasteiger partial charge on any atom is -0.492 e. The Morgan fingerprint density at radius 1 is 1.16 bits per heavy atom. The second-order valence-corrected chi connectivity index (χ2v) is 11.0. The van der Waals surface area contributed by atoms with Crippen LogP contribution in [-0.4, -0.2) is 29.9 Å². The van der Waals surface area contributed by atoms with Gasteiger partial charge in [0.25, 0.3) is 5.56 Å². The van der Waals surface area contributed by atoms with E-state index >= 15 is 0 Å². The van der Waals surface area contributed by atoms with E-state index in [4.69, 9.17) is 21.1 Å². The molecule has 0 radical (unpaired) electrons. The summed E-state index contributed by atoms with van der Waals surface area (Å²) in [5.41, 5.74) is -1.96. The first-order valence-electron chi connectivity index (χ1n) is 11.1. The van der Waals surface area contributed by atoms with E-state index in [2.05, 4.69) is 36.9 Å². The Labute approximate surface area is 240 Å². The van der Waals surface area contributed by atoms with Crippen LogP contribution in [0.25, 0.3) is 6.08 Å². The lowest BCUT2D eigenvalue weighted by molar-refractivity contribution is -0.140. The number of fused-ring (bicyclic) bond motifs is 1. The molecular formula is C25H18Br2ClF3N2O4S. The van der Waals surface area contributed by atoms with Crippen molar-refractivity contribution in [1.29, 1.82) is 0 Å². The highest BCUT2D eigenvalue weighted by molar-refractivity contribution is 9.11. The summed E-state index contributed by atoms with van der Waals surface area (Å²) < 4.78 is 55.6. The number of ether oxygens (including phenoxy) is 2. The largest absolute Gasteiger partial charge is 0.492 e. The smallest absolute Gasteiger partial charge is 0.434 e. The summed E-state index contributed by atoms with van der Waals surface area (Å²) in [6.07, 6.45) is -3.44. The predicted octanol–water partition coefficient (Wildman–Crippen LogP) is 5.92. The molecule has 0 bridgehead atoms. The minimum absolute atomic E-state index is 0.123. The van der Waals surface area contributed by atoms with E-state index in [1.54, 1.807) is 12.1 Å². The van der Waals surface area contributed by atoms with Gasteiger partial charge in [-0.15, -0.1) is 0 Å². The summed E-state index contributed by atoms with van der Waals surface area (Å²) in [7, 11) is 0. The standard InChI is InChI=1S/C25H18Br2ClF3N2O4S/c1-3-36-20-15(26)9-12(10-16(20)27)11-17-22(34)33-19(13-5-7-14(28)8-6-13)18(23(35)37-4-2)21(25(29,30)31)32-24(33)38-17/h5-11,19H,3-4H2,1-2H3/b17-11-/t19-/m1/s1. The van der Waals surface area contributed by atoms with Gasteiger partial charge in [-0.2, -0.15) is 13.2 Å². The van der Waals surface area contributed by atoms with Gasteiger partial charge >= 0.3 is 12.1 Å². The van der Waals surface area contributed by atoms with Gasteiger partial charge in [-0.05, 0) is 87.2 Å². The summed E-state index contributed by atoms with van der Waals surface area (Å²) in [4.78, 5) is 30.1. The maximum atomic E-state index is 14.2. The lowest BCUT2D eigenvalue weighted by atomic mass is 9.95. The second kappa shape index (κ2) is 11.4. The van der Waals surface area contributed by atoms with Crippen LogP contribution in [-0.2, 0) is 9.53 Å². The number of rotatable bonds is 6. The lowest BCUT2D eigenvalue weighted by Gasteiger charge is -2.26. The molecule has 0 fully saturated rings. The molecule has 3 aromatic rings. The molecule has 0 saturated heterocycles. The fourth-order valence-electron chi connectivity index (χ4n) is 3.90. The zero-order chi connectivity index (χ0) is 27.8. The molecule has 0 spiro atoms. The molecular weight excluding hydrogens is 677 g/mol. The number of aromatic nitrogens is 1. The van der Waals surface area contributed by atoms with Crippen molar-refractivity contribution in [3.8, 4) is 5.75 Å². The Bertz CT molecular complexity index is 1590. The van der Waals surface area contributed by atoms with E-state index in [0.29, 0.717) is 31.9 Å². The van der Waals surface area contributed by atoms with E-state index in [1.807, 2.05) is 6.92 Å². The first kappa shape index (κ1) is 28.6. The Kier molecular flexibility index (Phi) is 8.55. The van der Waals surface area contributed by atoms with Crippen molar-refractivity contribution in [2.24, 2.45) is 4.99 Å². The molecule has 0 amide bonds. The number of alkyl halides is 3. The minimum atomic E-state index is -4.98. The molecule has 0 N–H and O–H groups in total. The van der Waals surface area contributed by atoms with Gasteiger partial charge in [-0.25, -0.2) is 9.79 Å². The molecule has 200 valence electrons. The van der Waals surface area contributed by atoms with Gasteiger partial charge in [-0.1, -0.05) is 35.1 Å². The normalized spacial score (nSPS) is 15.8. The van der Waals surface area contributed by atoms with Crippen molar-refractivity contribution in [3.63, 3.8) is 0 Å². The van der Waals surface area contributed by atoms with Gasteiger partial charge in [0.2, 0.25) is 0 Å². The molecule has 0 saturated carbocycles. The van der Waals surface area contributed by atoms with E-state index in [-0.39, 0.29) is 21.5 Å². The average molecular weight is 695 g/mol. The first-order chi connectivity index (χ1) is 18.0. The maximum absolute atomic E-state index is 14.2. The number of benzene rings is 2. The third-order valence-electron chi connectivity index (χ3n) is 5.39. The predicted molar refractivity (Wildman–Crippen MR) is 145 cm³/mol. The number of hydrogen-bond acceptors (Lipinski definition) is 6. The number of carbonyl (C=O) groups is 1. The number of esters is 1. The zero-order valence-corrected chi connectivity index (χ0v) is 24.5. The quantitative estimate of drug-likeness (QED) is 0.301. The van der Waals surface area contributed by atoms with E-state index in [1.165, 1.54) is 37.3 Å². The summed E-state index contributed by atoms with van der Waals surface area (Å²) in [6, 6.07) is 7.87. The molecule has 2 aromatic carbocycles. The molecule has 4 rings (SSSR count). The van der Waals surface area contributed by atoms with Crippen LogP contribution in [0.2, 0.25) is 5.02 Å². The number of thiazole rings is 1. The molecule has 1 aromatic heterocycles. The van der Waals surface area contributed by atoms with Crippen LogP contribution in [0.4, 0.5) is 13.2 Å². The number of hydrogen-bond donors (Lipinski definition) is 0. The molecule has 1 aliphatic rings. The topological polar surface area (TPSA) is 69.9 Å². The number of allylic oxidation sites excluding steroid dienone is 1. The van der Waals surface area contributed by atoms with Crippen LogP contribution in [0.3, 0.4) is 0 Å². The number of carbonyl (C=O) groups excluding carboxylic acids is 1. The van der Waals surface area contributed by atoms with Gasteiger partial charge in [-0.3, -0.25) is 9.36 Å². The van der Waals surface area contributed by atoms with Crippen LogP contribution < -0.4 is 19.6 Å². The van der Waals surface area contributed by atoms with Gasteiger partial charge in [0.1, 0.15) is 5.75 Å². The molecule has 1 atom stereocenters. The fourth-order valence-corrected chi connectivity index (χ4v) is 6.48. The second-order valence-electron chi connectivity index (χ2n) is 7.86. The summed E-state index contributed by atoms with van der Waals surface area (Å²) in [5, 5.41) is 0.338. The van der Waals surface area contributed by atoms with Crippen LogP contribution >= 0.6 is 54.8 Å². The maximum Gasteiger partial charge on any atom is 0.434 e. The Morgan fingerprint density at radius 2 is 1.79 bits per heavy atom. The number of nitrogens with zero attached hydrogens (tertiary/aromatic N) is 2. The van der Waals surface area contributed by atoms with Crippen molar-refractivity contribution in [2.75, 3.05) is 13.2 Å². The van der Waals surface area contributed by atoms with Gasteiger partial charge in [0, 0.05) is 5.02 Å². The Morgan fingerprint density at radius 3 is 2.34 bits per heavy atom. The lowest BCUT2D eigenvalue weighted by Crippen LogP contribution is -2.41. The fraction of sp³-hybridized carbons (Fsp3) is 0.240. The zero-order valence-electron chi connectivity index (χ0n) is 19.7. The van der Waals surface area contributed by atoms with Crippen LogP contribution in [0, 0.1) is 0 Å². The molecule has 13 heteroatoms. The van der Waals surface area contributed by atoms with Crippen LogP contribution in [0.5, 0.6) is 5.75 Å². The first-order valence-corrected chi connectivity index (χ1v) is 13.9. The van der Waals surface area contributed by atoms with Crippen molar-refractivity contribution >= 4 is 66.8 Å². The highest BCUT2D eigenvalue weighted by Gasteiger charge is 2.45. The van der Waals surface area contributed by atoms with Crippen molar-refractivity contribution in [3.05, 3.63) is 92.5 Å². The Balaban J connectivity index is 2.01. The van der Waals surface area contributed by atoms with E-state index in [9.17, 15) is 22.8 Å². The average Bonchev–Trinajstić information content (AvgIpc) is 3.15. The SMILES string of the molecule is CCOC(=O)C1=C(C(F)(F)F)N=c2s/c(=C\c3cc(Br)c(OCC)c(Br)c3)c(=O)n2[C@@H]1c1ccc(Cl)cc1. The highest BCUT2D eigenvalue weighted by Crippen LogP contribution is 2.39. The molecule has 6 nitrogen and oxygen atoms in total. The van der Waals surface area contributed by atoms with Gasteiger partial charge < -0.3 is 9.47 Å². The molecule has 1 aliphatic heterocycles. The molecule has 2 heterocycles. The monoisotopic (exact) mass is 692 g/mol. The van der Waals surface area contributed by atoms with Crippen molar-refractivity contribution in [1.82, 2.24) is 4.57 Å². The molecule has 0 aliphatic carbocycles. The summed E-state index contributed by atoms with van der Waals surface area (Å²) in [6.45, 7) is 3.59. The Hall–Kier alpha value is -2.41. The van der Waals surface area contributed by atoms with Crippen LogP contribution in [0.1, 0.15) is 31.0 Å². The third-order valence-corrected chi connectivity index (χ3v) is 7.80. The molecule has 0 unspecified atom stereocenters. The van der Waals surface area contributed by atoms with Gasteiger partial charge in [0.05, 0.1) is 38.3 Å². The number of halogens is 6. The van der Waals surface area contributed by atoms with Crippen molar-refractivity contribution < 1.29 is 27.4 Å². The van der Waals surface area contributed by atoms with E-state index < -0.39 is 35.0 Å².